The number of thiocarbonyl (C=S) groups is 1. The van der Waals surface area contributed by atoms with E-state index in [-0.39, 0.29) is 18.3 Å². The molecule has 29 heavy (non-hydrogen) atoms. The van der Waals surface area contributed by atoms with Gasteiger partial charge in [0, 0.05) is 13.0 Å². The van der Waals surface area contributed by atoms with Crippen LogP contribution in [-0.4, -0.2) is 48.0 Å². The van der Waals surface area contributed by atoms with Crippen molar-refractivity contribution in [3.8, 4) is 11.5 Å². The molecule has 1 amide bonds. The molecule has 0 spiro atoms. The second kappa shape index (κ2) is 11.6. The summed E-state index contributed by atoms with van der Waals surface area (Å²) in [4.78, 5) is 26.4. The maximum Gasteiger partial charge on any atom is 0.305 e. The van der Waals surface area contributed by atoms with E-state index in [1.165, 1.54) is 16.7 Å². The van der Waals surface area contributed by atoms with Crippen LogP contribution in [0.25, 0.3) is 6.08 Å². The predicted octanol–water partition coefficient (Wildman–Crippen LogP) is 4.79. The van der Waals surface area contributed by atoms with Crippen molar-refractivity contribution >= 4 is 62.2 Å². The third-order valence-electron chi connectivity index (χ3n) is 3.94. The number of carbonyl (C=O) groups is 2. The molecule has 1 aromatic rings. The highest BCUT2D eigenvalue weighted by Crippen LogP contribution is 2.39. The second-order valence-corrected chi connectivity index (χ2v) is 8.65. The third-order valence-corrected chi connectivity index (χ3v) is 5.90. The maximum absolute atomic E-state index is 12.8. The van der Waals surface area contributed by atoms with Gasteiger partial charge in [0.05, 0.1) is 29.7 Å². The Balaban J connectivity index is 2.08. The van der Waals surface area contributed by atoms with Gasteiger partial charge in [0.1, 0.15) is 4.32 Å². The molecule has 9 heteroatoms. The van der Waals surface area contributed by atoms with Gasteiger partial charge in [0.25, 0.3) is 5.91 Å². The van der Waals surface area contributed by atoms with E-state index in [1.54, 1.807) is 13.2 Å². The summed E-state index contributed by atoms with van der Waals surface area (Å²) in [6.07, 6.45) is 3.34. The molecule has 6 nitrogen and oxygen atoms in total. The molecule has 0 N–H and O–H groups in total. The van der Waals surface area contributed by atoms with Gasteiger partial charge in [-0.2, -0.15) is 0 Å². The first-order chi connectivity index (χ1) is 13.9. The Morgan fingerprint density at radius 1 is 1.34 bits per heavy atom. The van der Waals surface area contributed by atoms with Crippen LogP contribution in [-0.2, 0) is 14.3 Å². The molecule has 0 aromatic heterocycles. The normalized spacial score (nSPS) is 15.2. The van der Waals surface area contributed by atoms with Crippen LogP contribution in [0.15, 0.2) is 21.5 Å². The number of thioether (sulfide) groups is 1. The van der Waals surface area contributed by atoms with E-state index in [0.717, 1.165) is 16.5 Å². The van der Waals surface area contributed by atoms with E-state index < -0.39 is 0 Å². The van der Waals surface area contributed by atoms with Gasteiger partial charge in [-0.1, -0.05) is 30.9 Å². The van der Waals surface area contributed by atoms with Gasteiger partial charge in [0.15, 0.2) is 11.5 Å². The third kappa shape index (κ3) is 6.45. The number of methoxy groups -OCH3 is 1. The molecule has 0 atom stereocenters. The van der Waals surface area contributed by atoms with E-state index in [9.17, 15) is 9.59 Å². The van der Waals surface area contributed by atoms with Crippen molar-refractivity contribution in [2.75, 3.05) is 26.9 Å². The Morgan fingerprint density at radius 3 is 2.76 bits per heavy atom. The Morgan fingerprint density at radius 2 is 2.10 bits per heavy atom. The molecule has 158 valence electrons. The standard InChI is InChI=1S/C20H24BrNO5S2/c1-4-9-27-17(23)7-6-8-22-19(24)16(29-20(22)28)12-13-10-14(21)18(25-3)15(11-13)26-5-2/h10-12H,4-9H2,1-3H3/b16-12-. The Kier molecular flexibility index (Phi) is 9.45. The fraction of sp³-hybridized carbons (Fsp3) is 0.450. The minimum absolute atomic E-state index is 0.160. The number of carbonyl (C=O) groups excluding carboxylic acids is 2. The lowest BCUT2D eigenvalue weighted by atomic mass is 10.2. The number of esters is 1. The highest BCUT2D eigenvalue weighted by Gasteiger charge is 2.31. The number of ether oxygens (including phenoxy) is 3. The van der Waals surface area contributed by atoms with Crippen molar-refractivity contribution in [3.05, 3.63) is 27.1 Å². The largest absolute Gasteiger partial charge is 0.492 e. The number of hydrogen-bond donors (Lipinski definition) is 0. The number of hydrogen-bond acceptors (Lipinski definition) is 7. The van der Waals surface area contributed by atoms with Gasteiger partial charge < -0.3 is 14.2 Å². The van der Waals surface area contributed by atoms with Gasteiger partial charge in [-0.15, -0.1) is 0 Å². The summed E-state index contributed by atoms with van der Waals surface area (Å²) in [5.74, 6) is 0.786. The zero-order chi connectivity index (χ0) is 21.4. The first-order valence-corrected chi connectivity index (χ1v) is 11.3. The van der Waals surface area contributed by atoms with Crippen LogP contribution in [0.1, 0.15) is 38.7 Å². The number of halogens is 1. The van der Waals surface area contributed by atoms with Crippen molar-refractivity contribution in [1.29, 1.82) is 0 Å². The van der Waals surface area contributed by atoms with Crippen LogP contribution in [0.5, 0.6) is 11.5 Å². The fourth-order valence-electron chi connectivity index (χ4n) is 2.65. The van der Waals surface area contributed by atoms with E-state index in [1.807, 2.05) is 26.0 Å². The van der Waals surface area contributed by atoms with Crippen LogP contribution in [0.3, 0.4) is 0 Å². The number of amides is 1. The van der Waals surface area contributed by atoms with Gasteiger partial charge >= 0.3 is 5.97 Å². The van der Waals surface area contributed by atoms with Crippen LogP contribution in [0, 0.1) is 0 Å². The number of benzene rings is 1. The summed E-state index contributed by atoms with van der Waals surface area (Å²) < 4.78 is 17.3. The van der Waals surface area contributed by atoms with Crippen molar-refractivity contribution in [3.63, 3.8) is 0 Å². The molecular weight excluding hydrogens is 478 g/mol. The van der Waals surface area contributed by atoms with Crippen molar-refractivity contribution < 1.29 is 23.8 Å². The molecule has 1 saturated heterocycles. The van der Waals surface area contributed by atoms with Crippen LogP contribution in [0.2, 0.25) is 0 Å². The van der Waals surface area contributed by atoms with Crippen LogP contribution < -0.4 is 9.47 Å². The molecule has 2 rings (SSSR count). The predicted molar refractivity (Wildman–Crippen MR) is 122 cm³/mol. The van der Waals surface area contributed by atoms with Crippen molar-refractivity contribution in [2.24, 2.45) is 0 Å². The minimum atomic E-state index is -0.251. The summed E-state index contributed by atoms with van der Waals surface area (Å²) in [5.41, 5.74) is 0.796. The lowest BCUT2D eigenvalue weighted by molar-refractivity contribution is -0.144. The zero-order valence-electron chi connectivity index (χ0n) is 16.7. The Bertz CT molecular complexity index is 812. The highest BCUT2D eigenvalue weighted by molar-refractivity contribution is 9.10. The summed E-state index contributed by atoms with van der Waals surface area (Å²) in [6, 6.07) is 3.68. The first kappa shape index (κ1) is 23.7. The Hall–Kier alpha value is -1.58. The molecular formula is C20H24BrNO5S2. The minimum Gasteiger partial charge on any atom is -0.492 e. The Labute approximate surface area is 189 Å². The average molecular weight is 502 g/mol. The summed E-state index contributed by atoms with van der Waals surface area (Å²) in [5, 5.41) is 0. The van der Waals surface area contributed by atoms with E-state index in [0.29, 0.717) is 46.9 Å². The van der Waals surface area contributed by atoms with Crippen molar-refractivity contribution in [1.82, 2.24) is 4.90 Å². The van der Waals surface area contributed by atoms with Crippen LogP contribution in [0.4, 0.5) is 0 Å². The first-order valence-electron chi connectivity index (χ1n) is 9.32. The number of rotatable bonds is 10. The van der Waals surface area contributed by atoms with Crippen molar-refractivity contribution in [2.45, 2.75) is 33.1 Å². The van der Waals surface area contributed by atoms with E-state index in [2.05, 4.69) is 15.9 Å². The quantitative estimate of drug-likeness (QED) is 0.259. The molecule has 1 fully saturated rings. The lowest BCUT2D eigenvalue weighted by Crippen LogP contribution is -2.29. The topological polar surface area (TPSA) is 65.1 Å². The molecule has 1 aliphatic heterocycles. The molecule has 1 heterocycles. The molecule has 1 aromatic carbocycles. The van der Waals surface area contributed by atoms with Crippen LogP contribution >= 0.6 is 39.9 Å². The molecule has 0 unspecified atom stereocenters. The highest BCUT2D eigenvalue weighted by atomic mass is 79.9. The number of nitrogens with zero attached hydrogens (tertiary/aromatic N) is 1. The van der Waals surface area contributed by atoms with Gasteiger partial charge in [-0.25, -0.2) is 0 Å². The van der Waals surface area contributed by atoms with Gasteiger partial charge in [-0.05, 0) is 59.5 Å². The van der Waals surface area contributed by atoms with Gasteiger partial charge in [0.2, 0.25) is 0 Å². The molecule has 0 radical (unpaired) electrons. The zero-order valence-corrected chi connectivity index (χ0v) is 19.9. The summed E-state index contributed by atoms with van der Waals surface area (Å²) >= 11 is 10.1. The molecule has 1 aliphatic rings. The molecule has 0 bridgehead atoms. The van der Waals surface area contributed by atoms with E-state index >= 15 is 0 Å². The van der Waals surface area contributed by atoms with Gasteiger partial charge in [-0.3, -0.25) is 14.5 Å². The summed E-state index contributed by atoms with van der Waals surface area (Å²) in [6.45, 7) is 5.14. The van der Waals surface area contributed by atoms with E-state index in [4.69, 9.17) is 26.4 Å². The maximum atomic E-state index is 12.8. The second-order valence-electron chi connectivity index (χ2n) is 6.12. The summed E-state index contributed by atoms with van der Waals surface area (Å²) in [7, 11) is 1.57. The lowest BCUT2D eigenvalue weighted by Gasteiger charge is -2.14. The fourth-order valence-corrected chi connectivity index (χ4v) is 4.58. The molecule has 0 saturated carbocycles. The SMILES string of the molecule is CCCOC(=O)CCCN1C(=O)/C(=C/c2cc(Br)c(OC)c(OCC)c2)SC1=S. The average Bonchev–Trinajstić information content (AvgIpc) is 2.94. The smallest absolute Gasteiger partial charge is 0.305 e. The molecule has 0 aliphatic carbocycles. The monoisotopic (exact) mass is 501 g/mol.